The van der Waals surface area contributed by atoms with E-state index in [2.05, 4.69) is 30.0 Å². The average molecular weight is 390 g/mol. The number of aliphatic hydroxyl groups excluding tert-OH is 1. The normalized spacial score (nSPS) is 15.6. The van der Waals surface area contributed by atoms with Gasteiger partial charge in [-0.05, 0) is 31.0 Å². The van der Waals surface area contributed by atoms with E-state index in [0.717, 1.165) is 27.8 Å². The summed E-state index contributed by atoms with van der Waals surface area (Å²) in [5, 5.41) is 10.9. The second kappa shape index (κ2) is 8.17. The third kappa shape index (κ3) is 3.93. The summed E-state index contributed by atoms with van der Waals surface area (Å²) in [6.45, 7) is 6.39. The Hall–Kier alpha value is -2.99. The maximum Gasteiger partial charge on any atom is 0.251 e. The molecule has 0 saturated carbocycles. The molecule has 1 saturated heterocycles. The van der Waals surface area contributed by atoms with E-state index in [1.54, 1.807) is 4.90 Å². The summed E-state index contributed by atoms with van der Waals surface area (Å²) in [6.07, 6.45) is -0.468. The Balaban J connectivity index is 1.67. The zero-order chi connectivity index (χ0) is 20.4. The molecule has 3 aromatic rings. The molecule has 0 aliphatic carbocycles. The number of aryl methyl sites for hydroxylation is 1. The minimum atomic E-state index is -0.908. The number of hydrogen-bond donors (Lipinski definition) is 1. The van der Waals surface area contributed by atoms with E-state index in [-0.39, 0.29) is 5.91 Å². The van der Waals surface area contributed by atoms with Crippen molar-refractivity contribution < 1.29 is 9.90 Å². The molecule has 6 nitrogen and oxygen atoms in total. The second-order valence-electron chi connectivity index (χ2n) is 7.49. The van der Waals surface area contributed by atoms with Crippen molar-refractivity contribution in [3.8, 4) is 11.4 Å². The Kier molecular flexibility index (Phi) is 5.45. The van der Waals surface area contributed by atoms with Gasteiger partial charge in [0.15, 0.2) is 5.82 Å². The zero-order valence-electron chi connectivity index (χ0n) is 16.9. The Morgan fingerprint density at radius 3 is 2.48 bits per heavy atom. The molecule has 0 unspecified atom stereocenters. The van der Waals surface area contributed by atoms with Gasteiger partial charge in [0, 0.05) is 37.1 Å². The van der Waals surface area contributed by atoms with Gasteiger partial charge in [0.05, 0.1) is 5.52 Å². The van der Waals surface area contributed by atoms with E-state index < -0.39 is 6.10 Å². The molecule has 29 heavy (non-hydrogen) atoms. The maximum absolute atomic E-state index is 12.3. The number of fused-ring (bicyclic) bond motifs is 1. The highest BCUT2D eigenvalue weighted by atomic mass is 16.3. The summed E-state index contributed by atoms with van der Waals surface area (Å²) in [6, 6.07) is 16.2. The van der Waals surface area contributed by atoms with Crippen LogP contribution in [-0.2, 0) is 4.79 Å². The fourth-order valence-corrected chi connectivity index (χ4v) is 3.70. The van der Waals surface area contributed by atoms with Gasteiger partial charge in [-0.15, -0.1) is 0 Å². The fourth-order valence-electron chi connectivity index (χ4n) is 3.70. The van der Waals surface area contributed by atoms with Gasteiger partial charge < -0.3 is 14.9 Å². The van der Waals surface area contributed by atoms with Crippen LogP contribution in [0.15, 0.2) is 48.5 Å². The van der Waals surface area contributed by atoms with Crippen molar-refractivity contribution in [2.75, 3.05) is 31.1 Å². The van der Waals surface area contributed by atoms with E-state index in [1.165, 1.54) is 0 Å². The van der Waals surface area contributed by atoms with Crippen LogP contribution in [0.4, 0.5) is 5.82 Å². The lowest BCUT2D eigenvalue weighted by atomic mass is 10.1. The van der Waals surface area contributed by atoms with Gasteiger partial charge in [-0.2, -0.15) is 0 Å². The van der Waals surface area contributed by atoms with Gasteiger partial charge in [-0.1, -0.05) is 43.3 Å². The minimum Gasteiger partial charge on any atom is -0.383 e. The number of anilines is 1. The third-order valence-electron chi connectivity index (χ3n) is 5.43. The molecule has 2 aromatic carbocycles. The molecule has 1 fully saturated rings. The quantitative estimate of drug-likeness (QED) is 0.742. The number of rotatable bonds is 4. The van der Waals surface area contributed by atoms with Crippen molar-refractivity contribution in [1.29, 1.82) is 0 Å². The van der Waals surface area contributed by atoms with Crippen LogP contribution in [0, 0.1) is 6.92 Å². The zero-order valence-corrected chi connectivity index (χ0v) is 16.9. The van der Waals surface area contributed by atoms with Crippen molar-refractivity contribution in [3.63, 3.8) is 0 Å². The maximum atomic E-state index is 12.3. The van der Waals surface area contributed by atoms with Crippen LogP contribution in [0.25, 0.3) is 22.3 Å². The largest absolute Gasteiger partial charge is 0.383 e. The predicted molar refractivity (Wildman–Crippen MR) is 115 cm³/mol. The predicted octanol–water partition coefficient (Wildman–Crippen LogP) is 3.02. The van der Waals surface area contributed by atoms with Gasteiger partial charge in [0.25, 0.3) is 5.91 Å². The number of piperazine rings is 1. The lowest BCUT2D eigenvalue weighted by Crippen LogP contribution is -2.51. The molecule has 1 aromatic heterocycles. The van der Waals surface area contributed by atoms with E-state index in [9.17, 15) is 9.90 Å². The number of carbonyl (C=O) groups is 1. The number of benzene rings is 2. The molecular weight excluding hydrogens is 364 g/mol. The highest BCUT2D eigenvalue weighted by molar-refractivity contribution is 5.91. The molecule has 4 rings (SSSR count). The van der Waals surface area contributed by atoms with Gasteiger partial charge in [-0.3, -0.25) is 4.79 Å². The molecule has 1 amide bonds. The highest BCUT2D eigenvalue weighted by Crippen LogP contribution is 2.29. The lowest BCUT2D eigenvalue weighted by Gasteiger charge is -2.36. The summed E-state index contributed by atoms with van der Waals surface area (Å²) in [4.78, 5) is 26.0. The monoisotopic (exact) mass is 390 g/mol. The summed E-state index contributed by atoms with van der Waals surface area (Å²) in [7, 11) is 0. The highest BCUT2D eigenvalue weighted by Gasteiger charge is 2.26. The number of aliphatic hydroxyl groups is 1. The molecule has 1 N–H and O–H groups in total. The first-order chi connectivity index (χ1) is 14.1. The minimum absolute atomic E-state index is 0.180. The lowest BCUT2D eigenvalue weighted by molar-refractivity contribution is -0.140. The molecule has 2 heterocycles. The molecular formula is C23H26N4O2. The summed E-state index contributed by atoms with van der Waals surface area (Å²) < 4.78 is 0. The van der Waals surface area contributed by atoms with Gasteiger partial charge in [-0.25, -0.2) is 9.97 Å². The number of aromatic nitrogens is 2. The van der Waals surface area contributed by atoms with Crippen LogP contribution in [0.3, 0.4) is 0 Å². The number of amides is 1. The molecule has 6 heteroatoms. The average Bonchev–Trinajstić information content (AvgIpc) is 2.77. The van der Waals surface area contributed by atoms with E-state index in [0.29, 0.717) is 38.4 Å². The first kappa shape index (κ1) is 19.3. The van der Waals surface area contributed by atoms with Crippen molar-refractivity contribution in [2.24, 2.45) is 0 Å². The Morgan fingerprint density at radius 2 is 1.79 bits per heavy atom. The summed E-state index contributed by atoms with van der Waals surface area (Å²) in [5.41, 5.74) is 3.07. The SMILES string of the molecule is CC[C@@H](O)C(=O)N1CCN(c2nc(-c3ccccc3)nc3cc(C)ccc23)CC1. The third-order valence-corrected chi connectivity index (χ3v) is 5.43. The van der Waals surface area contributed by atoms with E-state index in [4.69, 9.17) is 9.97 Å². The standard InChI is InChI=1S/C23H26N4O2/c1-3-20(28)23(29)27-13-11-26(12-14-27)22-18-10-9-16(2)15-19(18)24-21(25-22)17-7-5-4-6-8-17/h4-10,15,20,28H,3,11-14H2,1-2H3/t20-/m1/s1. The smallest absolute Gasteiger partial charge is 0.251 e. The molecule has 150 valence electrons. The van der Waals surface area contributed by atoms with Crippen LogP contribution in [0.5, 0.6) is 0 Å². The topological polar surface area (TPSA) is 69.6 Å². The first-order valence-electron chi connectivity index (χ1n) is 10.1. The second-order valence-corrected chi connectivity index (χ2v) is 7.49. The van der Waals surface area contributed by atoms with Crippen molar-refractivity contribution in [2.45, 2.75) is 26.4 Å². The van der Waals surface area contributed by atoms with Crippen molar-refractivity contribution in [3.05, 3.63) is 54.1 Å². The molecule has 1 aliphatic heterocycles. The molecule has 1 atom stereocenters. The number of nitrogens with zero attached hydrogens (tertiary/aromatic N) is 4. The van der Waals surface area contributed by atoms with Crippen molar-refractivity contribution in [1.82, 2.24) is 14.9 Å². The van der Waals surface area contributed by atoms with Crippen LogP contribution >= 0.6 is 0 Å². The Labute approximate surface area is 170 Å². The summed E-state index contributed by atoms with van der Waals surface area (Å²) in [5.74, 6) is 1.43. The van der Waals surface area contributed by atoms with Crippen LogP contribution in [0.2, 0.25) is 0 Å². The van der Waals surface area contributed by atoms with Gasteiger partial charge in [0.1, 0.15) is 11.9 Å². The Bertz CT molecular complexity index is 1010. The molecule has 0 radical (unpaired) electrons. The Morgan fingerprint density at radius 1 is 1.07 bits per heavy atom. The van der Waals surface area contributed by atoms with Crippen molar-refractivity contribution >= 4 is 22.6 Å². The fraction of sp³-hybridized carbons (Fsp3) is 0.348. The van der Waals surface area contributed by atoms with Gasteiger partial charge >= 0.3 is 0 Å². The first-order valence-corrected chi connectivity index (χ1v) is 10.1. The molecule has 1 aliphatic rings. The van der Waals surface area contributed by atoms with Crippen LogP contribution < -0.4 is 4.90 Å². The molecule has 0 spiro atoms. The van der Waals surface area contributed by atoms with E-state index >= 15 is 0 Å². The van der Waals surface area contributed by atoms with Crippen LogP contribution in [-0.4, -0.2) is 58.2 Å². The molecule has 0 bridgehead atoms. The van der Waals surface area contributed by atoms with E-state index in [1.807, 2.05) is 37.3 Å². The summed E-state index contributed by atoms with van der Waals surface area (Å²) >= 11 is 0. The van der Waals surface area contributed by atoms with Gasteiger partial charge in [0.2, 0.25) is 0 Å². The van der Waals surface area contributed by atoms with Crippen LogP contribution in [0.1, 0.15) is 18.9 Å². The number of hydrogen-bond acceptors (Lipinski definition) is 5. The number of carbonyl (C=O) groups excluding carboxylic acids is 1.